The fourth-order valence-electron chi connectivity index (χ4n) is 4.15. The molecule has 1 amide bonds. The topological polar surface area (TPSA) is 77.0 Å². The van der Waals surface area contributed by atoms with Crippen molar-refractivity contribution >= 4 is 28.9 Å². The van der Waals surface area contributed by atoms with Gasteiger partial charge < -0.3 is 9.47 Å². The van der Waals surface area contributed by atoms with Gasteiger partial charge in [0.25, 0.3) is 5.91 Å². The van der Waals surface area contributed by atoms with Crippen molar-refractivity contribution in [3.05, 3.63) is 132 Å². The molecule has 0 saturated heterocycles. The van der Waals surface area contributed by atoms with Crippen molar-refractivity contribution in [2.24, 2.45) is 5.10 Å². The molecule has 6 heteroatoms. The third kappa shape index (κ3) is 6.37. The zero-order valence-corrected chi connectivity index (χ0v) is 21.3. The molecule has 0 aliphatic heterocycles. The van der Waals surface area contributed by atoms with Crippen molar-refractivity contribution in [2.45, 2.75) is 6.92 Å². The van der Waals surface area contributed by atoms with Crippen LogP contribution in [0.4, 0.5) is 0 Å². The number of ether oxygens (including phenoxy) is 2. The third-order valence-electron chi connectivity index (χ3n) is 6.10. The van der Waals surface area contributed by atoms with Crippen LogP contribution in [0.2, 0.25) is 0 Å². The molecule has 0 spiro atoms. The Morgan fingerprint density at radius 3 is 2.33 bits per heavy atom. The number of nitrogens with one attached hydrogen (secondary N) is 1. The molecule has 0 bridgehead atoms. The van der Waals surface area contributed by atoms with Crippen molar-refractivity contribution < 1.29 is 19.1 Å². The van der Waals surface area contributed by atoms with Crippen LogP contribution >= 0.6 is 0 Å². The predicted molar refractivity (Wildman–Crippen MR) is 153 cm³/mol. The summed E-state index contributed by atoms with van der Waals surface area (Å²) in [7, 11) is 0. The fourth-order valence-corrected chi connectivity index (χ4v) is 4.15. The molecule has 5 rings (SSSR count). The number of carbonyl (C=O) groups excluding carboxylic acids is 2. The average Bonchev–Trinajstić information content (AvgIpc) is 2.97. The van der Waals surface area contributed by atoms with E-state index in [1.54, 1.807) is 18.2 Å². The Bertz CT molecular complexity index is 1640. The molecule has 39 heavy (non-hydrogen) atoms. The largest absolute Gasteiger partial charge is 0.484 e. The van der Waals surface area contributed by atoms with E-state index in [0.717, 1.165) is 27.5 Å². The summed E-state index contributed by atoms with van der Waals surface area (Å²) >= 11 is 0. The second kappa shape index (κ2) is 11.9. The van der Waals surface area contributed by atoms with Crippen LogP contribution in [0.5, 0.6) is 11.5 Å². The van der Waals surface area contributed by atoms with Gasteiger partial charge in [0.05, 0.1) is 11.8 Å². The molecule has 0 aromatic heterocycles. The molecular formula is C33H26N2O4. The maximum absolute atomic E-state index is 12.8. The molecular weight excluding hydrogens is 488 g/mol. The minimum Gasteiger partial charge on any atom is -0.484 e. The number of rotatable bonds is 8. The number of esters is 1. The lowest BCUT2D eigenvalue weighted by Gasteiger charge is -2.11. The zero-order chi connectivity index (χ0) is 27.0. The number of fused-ring (bicyclic) bond motifs is 1. The van der Waals surface area contributed by atoms with E-state index in [0.29, 0.717) is 22.6 Å². The molecule has 0 fully saturated rings. The van der Waals surface area contributed by atoms with Crippen LogP contribution in [0.15, 0.2) is 120 Å². The average molecular weight is 515 g/mol. The number of nitrogens with zero attached hydrogens (tertiary/aromatic N) is 1. The minimum atomic E-state index is -0.473. The molecule has 5 aromatic rings. The number of hydrazone groups is 1. The Morgan fingerprint density at radius 2 is 1.54 bits per heavy atom. The summed E-state index contributed by atoms with van der Waals surface area (Å²) in [6.45, 7) is 1.71. The highest BCUT2D eigenvalue weighted by Crippen LogP contribution is 2.27. The Labute approximate surface area is 226 Å². The van der Waals surface area contributed by atoms with Gasteiger partial charge in [0, 0.05) is 5.56 Å². The Balaban J connectivity index is 1.25. The second-order valence-corrected chi connectivity index (χ2v) is 8.93. The van der Waals surface area contributed by atoms with Gasteiger partial charge in [-0.15, -0.1) is 0 Å². The molecule has 0 aliphatic rings. The van der Waals surface area contributed by atoms with Crippen LogP contribution in [-0.4, -0.2) is 24.7 Å². The minimum absolute atomic E-state index is 0.202. The van der Waals surface area contributed by atoms with Crippen molar-refractivity contribution in [1.82, 2.24) is 5.43 Å². The number of carbonyl (C=O) groups is 2. The van der Waals surface area contributed by atoms with E-state index in [2.05, 4.69) is 10.5 Å². The van der Waals surface area contributed by atoms with E-state index in [4.69, 9.17) is 9.47 Å². The van der Waals surface area contributed by atoms with Gasteiger partial charge in [0.15, 0.2) is 6.61 Å². The molecule has 0 aliphatic carbocycles. The zero-order valence-electron chi connectivity index (χ0n) is 21.3. The van der Waals surface area contributed by atoms with E-state index in [1.807, 2.05) is 104 Å². The number of aryl methyl sites for hydroxylation is 1. The lowest BCUT2D eigenvalue weighted by Crippen LogP contribution is -2.24. The van der Waals surface area contributed by atoms with Gasteiger partial charge in [-0.1, -0.05) is 90.5 Å². The van der Waals surface area contributed by atoms with Gasteiger partial charge in [-0.05, 0) is 59.2 Å². The molecule has 0 unspecified atom stereocenters. The van der Waals surface area contributed by atoms with Crippen LogP contribution in [0, 0.1) is 6.92 Å². The van der Waals surface area contributed by atoms with Crippen LogP contribution in [-0.2, 0) is 4.79 Å². The lowest BCUT2D eigenvalue weighted by molar-refractivity contribution is -0.123. The first kappa shape index (κ1) is 25.4. The van der Waals surface area contributed by atoms with Gasteiger partial charge in [0.2, 0.25) is 0 Å². The summed E-state index contributed by atoms with van der Waals surface area (Å²) in [6.07, 6.45) is 1.48. The summed E-state index contributed by atoms with van der Waals surface area (Å²) in [5.74, 6) is 0.0254. The highest BCUT2D eigenvalue weighted by atomic mass is 16.5. The van der Waals surface area contributed by atoms with Crippen molar-refractivity contribution in [2.75, 3.05) is 6.61 Å². The van der Waals surface area contributed by atoms with Crippen LogP contribution in [0.25, 0.3) is 21.9 Å². The van der Waals surface area contributed by atoms with Gasteiger partial charge in [-0.2, -0.15) is 5.10 Å². The number of hydrogen-bond acceptors (Lipinski definition) is 5. The van der Waals surface area contributed by atoms with E-state index in [1.165, 1.54) is 6.21 Å². The number of benzene rings is 5. The van der Waals surface area contributed by atoms with E-state index >= 15 is 0 Å². The molecule has 0 heterocycles. The molecule has 6 nitrogen and oxygen atoms in total. The van der Waals surface area contributed by atoms with Gasteiger partial charge >= 0.3 is 5.97 Å². The van der Waals surface area contributed by atoms with Crippen molar-refractivity contribution in [1.29, 1.82) is 0 Å². The van der Waals surface area contributed by atoms with Crippen LogP contribution in [0.1, 0.15) is 21.5 Å². The van der Waals surface area contributed by atoms with Gasteiger partial charge in [-0.3, -0.25) is 4.79 Å². The van der Waals surface area contributed by atoms with Gasteiger partial charge in [-0.25, -0.2) is 10.2 Å². The monoisotopic (exact) mass is 514 g/mol. The SMILES string of the molecule is Cc1cccc(C(=O)Oc2ccc3ccccc3c2C=NNC(=O)COc2ccc(-c3ccccc3)cc2)c1. The Kier molecular flexibility index (Phi) is 7.74. The summed E-state index contributed by atoms with van der Waals surface area (Å²) in [6, 6.07) is 36.0. The molecule has 5 aromatic carbocycles. The number of hydrogen-bond donors (Lipinski definition) is 1. The molecule has 0 radical (unpaired) electrons. The van der Waals surface area contributed by atoms with Gasteiger partial charge in [0.1, 0.15) is 11.5 Å². The maximum Gasteiger partial charge on any atom is 0.343 e. The molecule has 192 valence electrons. The van der Waals surface area contributed by atoms with Crippen LogP contribution < -0.4 is 14.9 Å². The summed E-state index contributed by atoms with van der Waals surface area (Å²) in [4.78, 5) is 25.2. The van der Waals surface area contributed by atoms with Crippen LogP contribution in [0.3, 0.4) is 0 Å². The quantitative estimate of drug-likeness (QED) is 0.110. The third-order valence-corrected chi connectivity index (χ3v) is 6.10. The lowest BCUT2D eigenvalue weighted by atomic mass is 10.0. The smallest absolute Gasteiger partial charge is 0.343 e. The second-order valence-electron chi connectivity index (χ2n) is 8.93. The Hall–Kier alpha value is -5.23. The summed E-state index contributed by atoms with van der Waals surface area (Å²) in [5.41, 5.74) is 6.64. The molecule has 1 N–H and O–H groups in total. The van der Waals surface area contributed by atoms with Crippen molar-refractivity contribution in [3.63, 3.8) is 0 Å². The van der Waals surface area contributed by atoms with Crippen molar-refractivity contribution in [3.8, 4) is 22.6 Å². The summed E-state index contributed by atoms with van der Waals surface area (Å²) in [5, 5.41) is 5.90. The highest BCUT2D eigenvalue weighted by molar-refractivity contribution is 6.04. The standard InChI is InChI=1S/C33H26N2O4/c1-23-8-7-12-27(20-23)33(37)39-31-19-16-26-11-5-6-13-29(26)30(31)21-34-35-32(36)22-38-28-17-14-25(15-18-28)24-9-3-2-4-10-24/h2-21H,22H2,1H3,(H,35,36). The van der Waals surface area contributed by atoms with E-state index in [9.17, 15) is 9.59 Å². The fraction of sp³-hybridized carbons (Fsp3) is 0.0606. The highest BCUT2D eigenvalue weighted by Gasteiger charge is 2.14. The van der Waals surface area contributed by atoms with E-state index < -0.39 is 11.9 Å². The normalized spacial score (nSPS) is 10.9. The summed E-state index contributed by atoms with van der Waals surface area (Å²) < 4.78 is 11.3. The molecule has 0 atom stereocenters. The predicted octanol–water partition coefficient (Wildman–Crippen LogP) is 6.56. The maximum atomic E-state index is 12.8. The first-order valence-electron chi connectivity index (χ1n) is 12.5. The van der Waals surface area contributed by atoms with E-state index in [-0.39, 0.29) is 6.61 Å². The Morgan fingerprint density at radius 1 is 0.795 bits per heavy atom. The first-order chi connectivity index (χ1) is 19.1. The number of amides is 1. The first-order valence-corrected chi connectivity index (χ1v) is 12.5. The molecule has 0 saturated carbocycles.